The van der Waals surface area contributed by atoms with Crippen molar-refractivity contribution >= 4 is 22.6 Å². The molecule has 26 heavy (non-hydrogen) atoms. The van der Waals surface area contributed by atoms with E-state index in [1.165, 1.54) is 0 Å². The maximum atomic E-state index is 12.4. The fourth-order valence-corrected chi connectivity index (χ4v) is 2.90. The minimum atomic E-state index is -0.144. The molecule has 0 saturated carbocycles. The summed E-state index contributed by atoms with van der Waals surface area (Å²) < 4.78 is 5.34. The Kier molecular flexibility index (Phi) is 4.70. The lowest BCUT2D eigenvalue weighted by molar-refractivity contribution is 0.0950. The van der Waals surface area contributed by atoms with Gasteiger partial charge in [0.25, 0.3) is 5.91 Å². The van der Waals surface area contributed by atoms with Crippen LogP contribution in [0.3, 0.4) is 0 Å². The molecule has 7 nitrogen and oxygen atoms in total. The average molecular weight is 349 g/mol. The molecule has 1 N–H and O–H groups in total. The number of carbonyl (C=O) groups excluding carboxylic acids is 1. The van der Waals surface area contributed by atoms with Crippen LogP contribution in [0.1, 0.15) is 16.1 Å². The first kappa shape index (κ1) is 16.4. The normalized spacial score (nSPS) is 14.4. The van der Waals surface area contributed by atoms with E-state index in [9.17, 15) is 4.79 Å². The lowest BCUT2D eigenvalue weighted by Crippen LogP contribution is -2.36. The number of carbonyl (C=O) groups is 1. The van der Waals surface area contributed by atoms with E-state index in [2.05, 4.69) is 25.4 Å². The van der Waals surface area contributed by atoms with Crippen LogP contribution in [0.25, 0.3) is 10.9 Å². The van der Waals surface area contributed by atoms with Crippen molar-refractivity contribution in [1.82, 2.24) is 20.5 Å². The van der Waals surface area contributed by atoms with E-state index in [0.29, 0.717) is 25.3 Å². The first-order valence-electron chi connectivity index (χ1n) is 8.58. The highest BCUT2D eigenvalue weighted by Crippen LogP contribution is 2.14. The van der Waals surface area contributed by atoms with Crippen molar-refractivity contribution in [2.45, 2.75) is 6.54 Å². The summed E-state index contributed by atoms with van der Waals surface area (Å²) in [5, 5.41) is 12.3. The van der Waals surface area contributed by atoms with Crippen molar-refractivity contribution < 1.29 is 9.53 Å². The Morgan fingerprint density at radius 2 is 2.00 bits per heavy atom. The Hall–Kier alpha value is -3.06. The Bertz CT molecular complexity index is 907. The molecule has 1 amide bonds. The molecule has 3 aromatic rings. The number of benzene rings is 1. The highest BCUT2D eigenvalue weighted by molar-refractivity contribution is 5.97. The predicted octanol–water partition coefficient (Wildman–Crippen LogP) is 1.79. The van der Waals surface area contributed by atoms with Crippen LogP contribution in [0.2, 0.25) is 0 Å². The van der Waals surface area contributed by atoms with Gasteiger partial charge in [0.2, 0.25) is 0 Å². The first-order valence-corrected chi connectivity index (χ1v) is 8.58. The van der Waals surface area contributed by atoms with Gasteiger partial charge in [0.15, 0.2) is 5.82 Å². The van der Waals surface area contributed by atoms with Gasteiger partial charge in [-0.2, -0.15) is 5.10 Å². The third kappa shape index (κ3) is 3.62. The van der Waals surface area contributed by atoms with E-state index in [0.717, 1.165) is 35.5 Å². The molecule has 0 aliphatic carbocycles. The van der Waals surface area contributed by atoms with Crippen molar-refractivity contribution in [3.8, 4) is 0 Å². The van der Waals surface area contributed by atoms with Gasteiger partial charge >= 0.3 is 0 Å². The highest BCUT2D eigenvalue weighted by Gasteiger charge is 2.13. The van der Waals surface area contributed by atoms with E-state index in [-0.39, 0.29) is 5.91 Å². The monoisotopic (exact) mass is 349 g/mol. The number of hydrogen-bond donors (Lipinski definition) is 1. The van der Waals surface area contributed by atoms with Crippen LogP contribution in [0.5, 0.6) is 0 Å². The number of rotatable bonds is 4. The molecule has 2 aromatic heterocycles. The summed E-state index contributed by atoms with van der Waals surface area (Å²) in [4.78, 5) is 18.8. The zero-order chi connectivity index (χ0) is 17.8. The largest absolute Gasteiger partial charge is 0.378 e. The fourth-order valence-electron chi connectivity index (χ4n) is 2.90. The van der Waals surface area contributed by atoms with Gasteiger partial charge in [0.05, 0.1) is 31.0 Å². The zero-order valence-corrected chi connectivity index (χ0v) is 14.3. The number of nitrogens with one attached hydrogen (secondary N) is 1. The number of amides is 1. The summed E-state index contributed by atoms with van der Waals surface area (Å²) in [6.07, 6.45) is 1.74. The lowest BCUT2D eigenvalue weighted by Gasteiger charge is -2.27. The van der Waals surface area contributed by atoms with E-state index in [1.54, 1.807) is 12.3 Å². The quantitative estimate of drug-likeness (QED) is 0.773. The van der Waals surface area contributed by atoms with Crippen LogP contribution in [-0.4, -0.2) is 47.4 Å². The first-order chi connectivity index (χ1) is 12.8. The Morgan fingerprint density at radius 1 is 1.12 bits per heavy atom. The second-order valence-corrected chi connectivity index (χ2v) is 6.08. The molecule has 132 valence electrons. The van der Waals surface area contributed by atoms with E-state index < -0.39 is 0 Å². The van der Waals surface area contributed by atoms with Crippen LogP contribution in [0.15, 0.2) is 48.7 Å². The van der Waals surface area contributed by atoms with Crippen molar-refractivity contribution in [1.29, 1.82) is 0 Å². The van der Waals surface area contributed by atoms with E-state index in [4.69, 9.17) is 4.74 Å². The number of fused-ring (bicyclic) bond motifs is 1. The molecule has 7 heteroatoms. The number of pyridine rings is 1. The number of hydrogen-bond acceptors (Lipinski definition) is 6. The fraction of sp³-hybridized carbons (Fsp3) is 0.263. The molecule has 1 aromatic carbocycles. The second-order valence-electron chi connectivity index (χ2n) is 6.08. The van der Waals surface area contributed by atoms with Gasteiger partial charge in [-0.25, -0.2) is 0 Å². The molecule has 0 atom stereocenters. The summed E-state index contributed by atoms with van der Waals surface area (Å²) in [5.74, 6) is 0.695. The number of ether oxygens (including phenoxy) is 1. The average Bonchev–Trinajstić information content (AvgIpc) is 2.72. The molecule has 1 saturated heterocycles. The van der Waals surface area contributed by atoms with Gasteiger partial charge in [-0.3, -0.25) is 9.78 Å². The Labute approximate surface area is 151 Å². The highest BCUT2D eigenvalue weighted by atomic mass is 16.5. The molecule has 0 radical (unpaired) electrons. The molecule has 0 unspecified atom stereocenters. The van der Waals surface area contributed by atoms with Gasteiger partial charge < -0.3 is 15.0 Å². The summed E-state index contributed by atoms with van der Waals surface area (Å²) in [7, 11) is 0. The molecule has 1 aliphatic heterocycles. The molecule has 1 fully saturated rings. The Balaban J connectivity index is 1.38. The number of nitrogens with zero attached hydrogens (tertiary/aromatic N) is 4. The van der Waals surface area contributed by atoms with Gasteiger partial charge in [-0.05, 0) is 36.4 Å². The Morgan fingerprint density at radius 3 is 2.81 bits per heavy atom. The van der Waals surface area contributed by atoms with E-state index >= 15 is 0 Å². The summed E-state index contributed by atoms with van der Waals surface area (Å²) >= 11 is 0. The molecule has 1 aliphatic rings. The lowest BCUT2D eigenvalue weighted by atomic mass is 10.1. The van der Waals surface area contributed by atoms with Crippen LogP contribution in [0, 0.1) is 0 Å². The molecular weight excluding hydrogens is 330 g/mol. The maximum Gasteiger partial charge on any atom is 0.251 e. The summed E-state index contributed by atoms with van der Waals surface area (Å²) in [6, 6.07) is 13.1. The number of morpholine rings is 1. The van der Waals surface area contributed by atoms with Gasteiger partial charge in [-0.15, -0.1) is 5.10 Å². The van der Waals surface area contributed by atoms with Crippen molar-refractivity contribution in [3.05, 3.63) is 59.9 Å². The predicted molar refractivity (Wildman–Crippen MR) is 98.0 cm³/mol. The van der Waals surface area contributed by atoms with Crippen molar-refractivity contribution in [2.75, 3.05) is 31.2 Å². The molecule has 3 heterocycles. The van der Waals surface area contributed by atoms with Gasteiger partial charge in [-0.1, -0.05) is 6.07 Å². The number of anilines is 1. The van der Waals surface area contributed by atoms with Gasteiger partial charge in [0, 0.05) is 30.2 Å². The topological polar surface area (TPSA) is 80.2 Å². The summed E-state index contributed by atoms with van der Waals surface area (Å²) in [6.45, 7) is 3.39. The third-order valence-corrected chi connectivity index (χ3v) is 4.34. The van der Waals surface area contributed by atoms with Crippen LogP contribution in [-0.2, 0) is 11.3 Å². The van der Waals surface area contributed by atoms with E-state index in [1.807, 2.05) is 36.4 Å². The van der Waals surface area contributed by atoms with Crippen molar-refractivity contribution in [3.63, 3.8) is 0 Å². The second kappa shape index (κ2) is 7.45. The van der Waals surface area contributed by atoms with Crippen LogP contribution < -0.4 is 10.2 Å². The third-order valence-electron chi connectivity index (χ3n) is 4.34. The SMILES string of the molecule is O=C(NCc1ccc(N2CCOCC2)nn1)c1ccc2ncccc2c1. The number of aromatic nitrogens is 3. The summed E-state index contributed by atoms with van der Waals surface area (Å²) in [5.41, 5.74) is 2.19. The van der Waals surface area contributed by atoms with Crippen LogP contribution >= 0.6 is 0 Å². The standard InChI is InChI=1S/C19H19N5O2/c25-19(15-3-5-17-14(12-15)2-1-7-20-17)21-13-16-4-6-18(23-22-16)24-8-10-26-11-9-24/h1-7,12H,8-11,13H2,(H,21,25). The molecule has 0 bridgehead atoms. The van der Waals surface area contributed by atoms with Crippen molar-refractivity contribution in [2.24, 2.45) is 0 Å². The smallest absolute Gasteiger partial charge is 0.251 e. The van der Waals surface area contributed by atoms with Crippen LogP contribution in [0.4, 0.5) is 5.82 Å². The molecule has 4 rings (SSSR count). The minimum absolute atomic E-state index is 0.144. The zero-order valence-electron chi connectivity index (χ0n) is 14.3. The van der Waals surface area contributed by atoms with Gasteiger partial charge in [0.1, 0.15) is 0 Å². The maximum absolute atomic E-state index is 12.4. The minimum Gasteiger partial charge on any atom is -0.378 e. The molecule has 0 spiro atoms. The molecular formula is C19H19N5O2.